The number of aromatic nitrogens is 1. The lowest BCUT2D eigenvalue weighted by atomic mass is 10.1. The molecule has 172 valence electrons. The number of nitrogens with zero attached hydrogens (tertiary/aromatic N) is 2. The van der Waals surface area contributed by atoms with Crippen molar-refractivity contribution in [3.63, 3.8) is 0 Å². The summed E-state index contributed by atoms with van der Waals surface area (Å²) in [5.41, 5.74) is 4.35. The molecular formula is C27H24N2O5. The van der Waals surface area contributed by atoms with E-state index in [-0.39, 0.29) is 30.7 Å². The summed E-state index contributed by atoms with van der Waals surface area (Å²) in [7, 11) is 0. The van der Waals surface area contributed by atoms with Gasteiger partial charge in [0.25, 0.3) is 11.8 Å². The monoisotopic (exact) mass is 456 g/mol. The maximum atomic E-state index is 12.7. The fraction of sp³-hybridized carbons (Fsp3) is 0.259. The van der Waals surface area contributed by atoms with Crippen LogP contribution in [-0.4, -0.2) is 39.6 Å². The zero-order valence-electron chi connectivity index (χ0n) is 19.0. The van der Waals surface area contributed by atoms with Gasteiger partial charge in [0.1, 0.15) is 0 Å². The van der Waals surface area contributed by atoms with Crippen LogP contribution in [-0.2, 0) is 11.3 Å². The van der Waals surface area contributed by atoms with Crippen LogP contribution in [0.1, 0.15) is 77.3 Å². The Hall–Kier alpha value is -4.00. The van der Waals surface area contributed by atoms with Crippen LogP contribution >= 0.6 is 0 Å². The standard InChI is InChI=1S/C27H24N2O5/c1-16-13-23(17(2)29(16)20-11-12-20)24(30)15-34-27(33)19-9-7-18(8-10-19)14-28-25(31)21-5-3-4-6-22(21)26(28)32/h3-10,13,20H,11-12,14-15H2,1-2H3. The van der Waals surface area contributed by atoms with Crippen molar-refractivity contribution in [3.8, 4) is 0 Å². The Morgan fingerprint density at radius 3 is 2.15 bits per heavy atom. The van der Waals surface area contributed by atoms with Gasteiger partial charge in [-0.1, -0.05) is 24.3 Å². The third-order valence-electron chi connectivity index (χ3n) is 6.44. The molecular weight excluding hydrogens is 432 g/mol. The summed E-state index contributed by atoms with van der Waals surface area (Å²) >= 11 is 0. The molecule has 0 spiro atoms. The number of hydrogen-bond donors (Lipinski definition) is 0. The first-order valence-electron chi connectivity index (χ1n) is 11.3. The van der Waals surface area contributed by atoms with E-state index in [2.05, 4.69) is 4.57 Å². The minimum absolute atomic E-state index is 0.108. The molecule has 7 heteroatoms. The second-order valence-electron chi connectivity index (χ2n) is 8.82. The molecule has 1 aliphatic carbocycles. The average molecular weight is 456 g/mol. The number of Topliss-reactive ketones (excluding diaryl/α,β-unsaturated/α-hetero) is 1. The third kappa shape index (κ3) is 3.83. The molecule has 1 saturated carbocycles. The molecule has 1 fully saturated rings. The Labute approximate surface area is 196 Å². The van der Waals surface area contributed by atoms with Crippen LogP contribution in [0, 0.1) is 13.8 Å². The Morgan fingerprint density at radius 2 is 1.56 bits per heavy atom. The first-order chi connectivity index (χ1) is 16.3. The van der Waals surface area contributed by atoms with Crippen molar-refractivity contribution in [1.82, 2.24) is 9.47 Å². The first-order valence-corrected chi connectivity index (χ1v) is 11.3. The highest BCUT2D eigenvalue weighted by Crippen LogP contribution is 2.38. The van der Waals surface area contributed by atoms with Crippen LogP contribution in [0.25, 0.3) is 0 Å². The second-order valence-corrected chi connectivity index (χ2v) is 8.82. The van der Waals surface area contributed by atoms with Crippen LogP contribution in [0.5, 0.6) is 0 Å². The summed E-state index contributed by atoms with van der Waals surface area (Å²) in [6, 6.07) is 15.5. The number of hydrogen-bond acceptors (Lipinski definition) is 5. The molecule has 0 saturated heterocycles. The SMILES string of the molecule is Cc1cc(C(=O)COC(=O)c2ccc(CN3C(=O)c4ccccc4C3=O)cc2)c(C)n1C1CC1. The van der Waals surface area contributed by atoms with Crippen molar-refractivity contribution in [2.75, 3.05) is 6.61 Å². The number of amides is 2. The number of ether oxygens (including phenoxy) is 1. The van der Waals surface area contributed by atoms with E-state index in [1.807, 2.05) is 19.9 Å². The lowest BCUT2D eigenvalue weighted by molar-refractivity contribution is 0.0474. The van der Waals surface area contributed by atoms with Crippen molar-refractivity contribution in [2.45, 2.75) is 39.3 Å². The van der Waals surface area contributed by atoms with E-state index < -0.39 is 5.97 Å². The predicted octanol–water partition coefficient (Wildman–Crippen LogP) is 4.28. The zero-order chi connectivity index (χ0) is 24.0. The van der Waals surface area contributed by atoms with Gasteiger partial charge in [0.15, 0.2) is 6.61 Å². The highest BCUT2D eigenvalue weighted by molar-refractivity contribution is 6.21. The van der Waals surface area contributed by atoms with Crippen molar-refractivity contribution in [1.29, 1.82) is 0 Å². The number of ketones is 1. The molecule has 2 aliphatic rings. The van der Waals surface area contributed by atoms with Gasteiger partial charge >= 0.3 is 5.97 Å². The predicted molar refractivity (Wildman–Crippen MR) is 124 cm³/mol. The molecule has 0 unspecified atom stereocenters. The molecule has 7 nitrogen and oxygen atoms in total. The Morgan fingerprint density at radius 1 is 0.941 bits per heavy atom. The fourth-order valence-corrected chi connectivity index (χ4v) is 4.56. The summed E-state index contributed by atoms with van der Waals surface area (Å²) in [6.07, 6.45) is 2.25. The summed E-state index contributed by atoms with van der Waals surface area (Å²) in [5, 5.41) is 0. The Balaban J connectivity index is 1.20. The third-order valence-corrected chi connectivity index (χ3v) is 6.44. The number of imide groups is 1. The molecule has 2 amide bonds. The number of aryl methyl sites for hydroxylation is 1. The Bertz CT molecular complexity index is 1300. The quantitative estimate of drug-likeness (QED) is 0.301. The molecule has 0 radical (unpaired) electrons. The van der Waals surface area contributed by atoms with E-state index in [0.717, 1.165) is 24.2 Å². The van der Waals surface area contributed by atoms with Gasteiger partial charge in [-0.2, -0.15) is 0 Å². The van der Waals surface area contributed by atoms with Gasteiger partial charge in [0.2, 0.25) is 5.78 Å². The molecule has 0 atom stereocenters. The largest absolute Gasteiger partial charge is 0.454 e. The average Bonchev–Trinajstić information content (AvgIpc) is 3.59. The van der Waals surface area contributed by atoms with Gasteiger partial charge in [-0.3, -0.25) is 19.3 Å². The van der Waals surface area contributed by atoms with Gasteiger partial charge in [0.05, 0.1) is 23.2 Å². The van der Waals surface area contributed by atoms with E-state index in [1.165, 1.54) is 4.90 Å². The van der Waals surface area contributed by atoms with Crippen LogP contribution in [0.4, 0.5) is 0 Å². The van der Waals surface area contributed by atoms with Gasteiger partial charge < -0.3 is 9.30 Å². The number of carbonyl (C=O) groups is 4. The first kappa shape index (κ1) is 21.8. The van der Waals surface area contributed by atoms with Gasteiger partial charge in [-0.25, -0.2) is 4.79 Å². The van der Waals surface area contributed by atoms with Crippen LogP contribution in [0.15, 0.2) is 54.6 Å². The number of esters is 1. The van der Waals surface area contributed by atoms with E-state index in [9.17, 15) is 19.2 Å². The zero-order valence-corrected chi connectivity index (χ0v) is 19.0. The summed E-state index contributed by atoms with van der Waals surface area (Å²) in [4.78, 5) is 51.4. The highest BCUT2D eigenvalue weighted by Gasteiger charge is 2.35. The number of fused-ring (bicyclic) bond motifs is 1. The minimum Gasteiger partial charge on any atom is -0.454 e. The molecule has 2 aromatic carbocycles. The van der Waals surface area contributed by atoms with Crippen molar-refractivity contribution in [3.05, 3.63) is 93.8 Å². The van der Waals surface area contributed by atoms with E-state index in [1.54, 1.807) is 48.5 Å². The van der Waals surface area contributed by atoms with Gasteiger partial charge in [-0.05, 0) is 62.6 Å². The Kier molecular flexibility index (Phi) is 5.40. The number of carbonyl (C=O) groups excluding carboxylic acids is 4. The fourth-order valence-electron chi connectivity index (χ4n) is 4.56. The van der Waals surface area contributed by atoms with Crippen molar-refractivity contribution >= 4 is 23.6 Å². The normalized spacial score (nSPS) is 14.9. The van der Waals surface area contributed by atoms with Crippen LogP contribution in [0.3, 0.4) is 0 Å². The molecule has 2 heterocycles. The second kappa shape index (κ2) is 8.41. The highest BCUT2D eigenvalue weighted by atomic mass is 16.5. The summed E-state index contributed by atoms with van der Waals surface area (Å²) in [5.74, 6) is -1.49. The van der Waals surface area contributed by atoms with Crippen LogP contribution in [0.2, 0.25) is 0 Å². The minimum atomic E-state index is -0.600. The maximum Gasteiger partial charge on any atom is 0.338 e. The topological polar surface area (TPSA) is 85.7 Å². The van der Waals surface area contributed by atoms with Gasteiger partial charge in [0, 0.05) is 23.0 Å². The maximum absolute atomic E-state index is 12.7. The van der Waals surface area contributed by atoms with Crippen molar-refractivity contribution < 1.29 is 23.9 Å². The molecule has 3 aromatic rings. The molecule has 1 aliphatic heterocycles. The number of benzene rings is 2. The summed E-state index contributed by atoms with van der Waals surface area (Å²) < 4.78 is 7.44. The molecule has 1 aromatic heterocycles. The smallest absolute Gasteiger partial charge is 0.338 e. The lowest BCUT2D eigenvalue weighted by Gasteiger charge is -2.14. The lowest BCUT2D eigenvalue weighted by Crippen LogP contribution is -2.29. The van der Waals surface area contributed by atoms with E-state index >= 15 is 0 Å². The summed E-state index contributed by atoms with van der Waals surface area (Å²) in [6.45, 7) is 3.69. The number of rotatable bonds is 7. The van der Waals surface area contributed by atoms with Crippen LogP contribution < -0.4 is 0 Å². The molecule has 0 N–H and O–H groups in total. The molecule has 5 rings (SSSR count). The van der Waals surface area contributed by atoms with E-state index in [4.69, 9.17) is 4.74 Å². The molecule has 34 heavy (non-hydrogen) atoms. The molecule has 0 bridgehead atoms. The van der Waals surface area contributed by atoms with Gasteiger partial charge in [-0.15, -0.1) is 0 Å². The van der Waals surface area contributed by atoms with Crippen molar-refractivity contribution in [2.24, 2.45) is 0 Å². The van der Waals surface area contributed by atoms with E-state index in [0.29, 0.717) is 33.9 Å².